The smallest absolute Gasteiger partial charge is 0.120 e. The molecule has 1 unspecified atom stereocenters. The molecule has 0 spiro atoms. The van der Waals surface area contributed by atoms with E-state index in [-0.39, 0.29) is 10.2 Å². The summed E-state index contributed by atoms with van der Waals surface area (Å²) in [5.74, 6) is 0. The van der Waals surface area contributed by atoms with Crippen LogP contribution in [0.4, 0.5) is 0 Å². The topological polar surface area (TPSA) is 20.2 Å². The van der Waals surface area contributed by atoms with E-state index in [2.05, 4.69) is 27.7 Å². The van der Waals surface area contributed by atoms with Crippen LogP contribution in [-0.2, 0) is 0 Å². The number of hydrogen-bond donors (Lipinski definition) is 1. The van der Waals surface area contributed by atoms with Crippen molar-refractivity contribution in [3.05, 3.63) is 0 Å². The van der Waals surface area contributed by atoms with Gasteiger partial charge in [-0.2, -0.15) is 4.65 Å². The van der Waals surface area contributed by atoms with Crippen molar-refractivity contribution in [2.75, 3.05) is 13.1 Å². The minimum absolute atomic E-state index is 0.0508. The van der Waals surface area contributed by atoms with E-state index in [1.54, 1.807) is 0 Å². The molecule has 0 aromatic heterocycles. The number of rotatable bonds is 3. The molecule has 11 heavy (non-hydrogen) atoms. The van der Waals surface area contributed by atoms with Gasteiger partial charge in [0.05, 0.1) is 0 Å². The first-order valence-electron chi connectivity index (χ1n) is 4.47. The number of hydroxylamine groups is 3. The molecule has 0 aliphatic heterocycles. The first-order chi connectivity index (χ1) is 4.87. The molecule has 0 aliphatic carbocycles. The maximum atomic E-state index is 10.1. The molecule has 2 heteroatoms. The minimum Gasteiger partial charge on any atom is -0.217 e. The van der Waals surface area contributed by atoms with Gasteiger partial charge in [0.15, 0.2) is 0 Å². The molecule has 0 rings (SSSR count). The Morgan fingerprint density at radius 3 is 1.73 bits per heavy atom. The fraction of sp³-hybridized carbons (Fsp3) is 1.00. The molecule has 0 bridgehead atoms. The molecule has 0 aromatic carbocycles. The quantitative estimate of drug-likeness (QED) is 0.496. The zero-order valence-corrected chi connectivity index (χ0v) is 8.52. The lowest BCUT2D eigenvalue weighted by atomic mass is 10.1. The molecule has 0 aliphatic rings. The van der Waals surface area contributed by atoms with E-state index in [4.69, 9.17) is 0 Å². The summed E-state index contributed by atoms with van der Waals surface area (Å²) in [5, 5.41) is 10.1. The lowest BCUT2D eigenvalue weighted by molar-refractivity contribution is -1.13. The Morgan fingerprint density at radius 2 is 1.64 bits per heavy atom. The normalized spacial score (nSPS) is 18.0. The predicted octanol–water partition coefficient (Wildman–Crippen LogP) is 2.42. The Labute approximate surface area is 70.4 Å². The van der Waals surface area contributed by atoms with Crippen LogP contribution in [0.2, 0.25) is 0 Å². The summed E-state index contributed by atoms with van der Waals surface area (Å²) in [6.45, 7) is 12.0. The van der Waals surface area contributed by atoms with Gasteiger partial charge in [-0.3, -0.25) is 0 Å². The van der Waals surface area contributed by atoms with Gasteiger partial charge in [-0.15, -0.1) is 0 Å². The van der Waals surface area contributed by atoms with Crippen LogP contribution in [0.5, 0.6) is 0 Å². The van der Waals surface area contributed by atoms with Crippen LogP contribution < -0.4 is 0 Å². The van der Waals surface area contributed by atoms with Crippen LogP contribution in [0.1, 0.15) is 41.0 Å². The van der Waals surface area contributed by atoms with Crippen molar-refractivity contribution < 1.29 is 9.85 Å². The van der Waals surface area contributed by atoms with Gasteiger partial charge >= 0.3 is 0 Å². The van der Waals surface area contributed by atoms with Gasteiger partial charge in [0.25, 0.3) is 0 Å². The van der Waals surface area contributed by atoms with Gasteiger partial charge in [0.1, 0.15) is 18.6 Å². The van der Waals surface area contributed by atoms with Crippen molar-refractivity contribution in [1.82, 2.24) is 0 Å². The van der Waals surface area contributed by atoms with Crippen LogP contribution in [-0.4, -0.2) is 28.5 Å². The lowest BCUT2D eigenvalue weighted by Crippen LogP contribution is -2.58. The summed E-state index contributed by atoms with van der Waals surface area (Å²) in [7, 11) is 0. The van der Waals surface area contributed by atoms with Crippen LogP contribution in [0.3, 0.4) is 0 Å². The third-order valence-electron chi connectivity index (χ3n) is 2.37. The number of hydrogen-bond acceptors (Lipinski definition) is 1. The molecular weight excluding hydrogens is 138 g/mol. The Morgan fingerprint density at radius 1 is 1.18 bits per heavy atom. The second kappa shape index (κ2) is 3.55. The molecule has 0 radical (unpaired) electrons. The highest BCUT2D eigenvalue weighted by atomic mass is 16.5. The molecular formula is C9H22NO+. The predicted molar refractivity (Wildman–Crippen MR) is 47.5 cm³/mol. The summed E-state index contributed by atoms with van der Waals surface area (Å²) >= 11 is 0. The highest BCUT2D eigenvalue weighted by molar-refractivity contribution is 4.58. The molecule has 0 aromatic rings. The highest BCUT2D eigenvalue weighted by Gasteiger charge is 2.36. The highest BCUT2D eigenvalue weighted by Crippen LogP contribution is 2.21. The summed E-state index contributed by atoms with van der Waals surface area (Å²) in [5.41, 5.74) is -0.0508. The zero-order valence-electron chi connectivity index (χ0n) is 8.52. The Kier molecular flexibility index (Phi) is 3.52. The van der Waals surface area contributed by atoms with Crippen LogP contribution >= 0.6 is 0 Å². The Bertz CT molecular complexity index is 117. The lowest BCUT2D eigenvalue weighted by Gasteiger charge is -2.40. The molecule has 0 fully saturated rings. The summed E-state index contributed by atoms with van der Waals surface area (Å²) in [6, 6.07) is 0. The number of quaternary nitrogens is 1. The van der Waals surface area contributed by atoms with E-state index >= 15 is 0 Å². The van der Waals surface area contributed by atoms with Crippen molar-refractivity contribution in [2.45, 2.75) is 46.6 Å². The van der Waals surface area contributed by atoms with E-state index in [1.165, 1.54) is 0 Å². The maximum absolute atomic E-state index is 10.1. The zero-order chi connectivity index (χ0) is 9.12. The van der Waals surface area contributed by atoms with Crippen molar-refractivity contribution in [1.29, 1.82) is 0 Å². The van der Waals surface area contributed by atoms with Gasteiger partial charge < -0.3 is 0 Å². The monoisotopic (exact) mass is 160 g/mol. The molecule has 2 nitrogen and oxygen atoms in total. The third kappa shape index (κ3) is 2.46. The minimum atomic E-state index is -0.0508. The van der Waals surface area contributed by atoms with Crippen molar-refractivity contribution in [2.24, 2.45) is 0 Å². The van der Waals surface area contributed by atoms with E-state index < -0.39 is 0 Å². The molecule has 1 N–H and O–H groups in total. The molecule has 1 atom stereocenters. The number of nitrogens with zero attached hydrogens (tertiary/aromatic N) is 1. The van der Waals surface area contributed by atoms with Gasteiger partial charge in [-0.1, -0.05) is 6.92 Å². The first-order valence-corrected chi connectivity index (χ1v) is 4.47. The molecule has 0 amide bonds. The Hall–Kier alpha value is -0.0800. The second-order valence-corrected chi connectivity index (χ2v) is 4.13. The van der Waals surface area contributed by atoms with E-state index in [9.17, 15) is 5.21 Å². The van der Waals surface area contributed by atoms with E-state index in [0.717, 1.165) is 19.5 Å². The molecule has 0 heterocycles. The summed E-state index contributed by atoms with van der Waals surface area (Å²) in [4.78, 5) is 0. The van der Waals surface area contributed by atoms with Gasteiger partial charge in [-0.25, -0.2) is 5.21 Å². The van der Waals surface area contributed by atoms with Crippen LogP contribution in [0.25, 0.3) is 0 Å². The van der Waals surface area contributed by atoms with Crippen LogP contribution in [0.15, 0.2) is 0 Å². The fourth-order valence-electron chi connectivity index (χ4n) is 1.34. The standard InChI is InChI=1S/C9H22NO/c1-6-8-10(11,7-2)9(3,4)5/h11H,6-8H2,1-5H3/q+1. The van der Waals surface area contributed by atoms with Gasteiger partial charge in [-0.05, 0) is 34.1 Å². The van der Waals surface area contributed by atoms with E-state index in [0.29, 0.717) is 0 Å². The third-order valence-corrected chi connectivity index (χ3v) is 2.37. The first kappa shape index (κ1) is 10.9. The fourth-order valence-corrected chi connectivity index (χ4v) is 1.34. The summed E-state index contributed by atoms with van der Waals surface area (Å²) < 4.78 is 0.184. The largest absolute Gasteiger partial charge is 0.217 e. The maximum Gasteiger partial charge on any atom is 0.120 e. The van der Waals surface area contributed by atoms with Crippen molar-refractivity contribution in [3.8, 4) is 0 Å². The van der Waals surface area contributed by atoms with Crippen molar-refractivity contribution in [3.63, 3.8) is 0 Å². The van der Waals surface area contributed by atoms with Gasteiger partial charge in [0, 0.05) is 0 Å². The second-order valence-electron chi connectivity index (χ2n) is 4.13. The average Bonchev–Trinajstić information content (AvgIpc) is 1.86. The Balaban J connectivity index is 4.33. The average molecular weight is 160 g/mol. The van der Waals surface area contributed by atoms with E-state index in [1.807, 2.05) is 6.92 Å². The van der Waals surface area contributed by atoms with Gasteiger partial charge in [0.2, 0.25) is 0 Å². The summed E-state index contributed by atoms with van der Waals surface area (Å²) in [6.07, 6.45) is 1.03. The van der Waals surface area contributed by atoms with Crippen molar-refractivity contribution >= 4 is 0 Å². The SMILES string of the molecule is CCC[N+](O)(CC)C(C)(C)C. The molecule has 68 valence electrons. The molecule has 0 saturated heterocycles. The van der Waals surface area contributed by atoms with Crippen LogP contribution in [0, 0.1) is 0 Å². The molecule has 0 saturated carbocycles.